The van der Waals surface area contributed by atoms with Crippen molar-refractivity contribution in [3.63, 3.8) is 0 Å². The number of halogens is 1. The van der Waals surface area contributed by atoms with Crippen LogP contribution in [0, 0.1) is 18.7 Å². The number of aliphatic hydroxyl groups is 1. The molecular formula is C24H27FN6O2. The van der Waals surface area contributed by atoms with Gasteiger partial charge in [0.15, 0.2) is 5.69 Å². The number of rotatable bonds is 4. The van der Waals surface area contributed by atoms with E-state index in [1.165, 1.54) is 12.3 Å². The fraction of sp³-hybridized carbons (Fsp3) is 0.292. The van der Waals surface area contributed by atoms with Crippen LogP contribution < -0.4 is 21.7 Å². The van der Waals surface area contributed by atoms with Gasteiger partial charge in [-0.1, -0.05) is 19.1 Å². The zero-order chi connectivity index (χ0) is 23.7. The Kier molecular flexibility index (Phi) is 6.26. The highest BCUT2D eigenvalue weighted by Gasteiger charge is 2.32. The molecule has 0 saturated carbocycles. The van der Waals surface area contributed by atoms with E-state index in [2.05, 4.69) is 15.3 Å². The number of hydrogen-bond donors (Lipinski definition) is 4. The number of nitrogens with one attached hydrogen (secondary N) is 1. The maximum Gasteiger partial charge on any atom is 0.276 e. The number of carbonyl (C=O) groups excluding carboxylic acids is 1. The third kappa shape index (κ3) is 4.50. The number of nitrogens with zero attached hydrogens (tertiary/aromatic N) is 3. The summed E-state index contributed by atoms with van der Waals surface area (Å²) in [7, 11) is 0. The van der Waals surface area contributed by atoms with Gasteiger partial charge in [-0.2, -0.15) is 0 Å². The summed E-state index contributed by atoms with van der Waals surface area (Å²) in [5.41, 5.74) is 14.8. The molecule has 2 aromatic heterocycles. The number of anilines is 3. The molecule has 0 bridgehead atoms. The first kappa shape index (κ1) is 22.6. The minimum Gasteiger partial charge on any atom is -0.397 e. The lowest BCUT2D eigenvalue weighted by Crippen LogP contribution is -2.55. The molecule has 6 N–H and O–H groups in total. The van der Waals surface area contributed by atoms with E-state index in [4.69, 9.17) is 11.5 Å². The Balaban J connectivity index is 1.64. The van der Waals surface area contributed by atoms with Gasteiger partial charge >= 0.3 is 0 Å². The molecule has 0 unspecified atom stereocenters. The van der Waals surface area contributed by atoms with Crippen molar-refractivity contribution in [2.75, 3.05) is 29.0 Å². The Morgan fingerprint density at radius 3 is 2.76 bits per heavy atom. The molecule has 0 radical (unpaired) electrons. The third-order valence-corrected chi connectivity index (χ3v) is 5.97. The first-order chi connectivity index (χ1) is 15.8. The smallest absolute Gasteiger partial charge is 0.276 e. The number of carbonyl (C=O) groups is 1. The van der Waals surface area contributed by atoms with Crippen molar-refractivity contribution in [2.45, 2.75) is 26.0 Å². The van der Waals surface area contributed by atoms with Crippen molar-refractivity contribution in [2.24, 2.45) is 11.7 Å². The maximum absolute atomic E-state index is 14.5. The number of aliphatic hydroxyl groups excluding tert-OH is 1. The van der Waals surface area contributed by atoms with Crippen LogP contribution in [0.15, 0.2) is 48.8 Å². The second kappa shape index (κ2) is 9.13. The van der Waals surface area contributed by atoms with E-state index in [0.29, 0.717) is 35.6 Å². The van der Waals surface area contributed by atoms with Gasteiger partial charge in [0.25, 0.3) is 5.91 Å². The van der Waals surface area contributed by atoms with Crippen LogP contribution in [0.2, 0.25) is 0 Å². The molecule has 9 heteroatoms. The van der Waals surface area contributed by atoms with Crippen LogP contribution in [-0.2, 0) is 0 Å². The van der Waals surface area contributed by atoms with Crippen LogP contribution >= 0.6 is 0 Å². The van der Waals surface area contributed by atoms with Gasteiger partial charge in [-0.3, -0.25) is 9.78 Å². The highest BCUT2D eigenvalue weighted by atomic mass is 19.1. The van der Waals surface area contributed by atoms with Gasteiger partial charge in [-0.05, 0) is 36.8 Å². The first-order valence-corrected chi connectivity index (χ1v) is 10.7. The number of amides is 1. The summed E-state index contributed by atoms with van der Waals surface area (Å²) < 4.78 is 14.5. The molecule has 3 heterocycles. The summed E-state index contributed by atoms with van der Waals surface area (Å²) in [6.45, 7) is 4.71. The van der Waals surface area contributed by atoms with Gasteiger partial charge in [0.05, 0.1) is 35.1 Å². The average Bonchev–Trinajstić information content (AvgIpc) is 2.78. The monoisotopic (exact) mass is 450 g/mol. The average molecular weight is 451 g/mol. The van der Waals surface area contributed by atoms with Gasteiger partial charge in [0.2, 0.25) is 0 Å². The minimum absolute atomic E-state index is 0.0101. The fourth-order valence-electron chi connectivity index (χ4n) is 4.20. The molecule has 1 aliphatic heterocycles. The summed E-state index contributed by atoms with van der Waals surface area (Å²) in [5, 5.41) is 13.0. The number of nitrogen functional groups attached to an aromatic ring is 1. The zero-order valence-corrected chi connectivity index (χ0v) is 18.5. The summed E-state index contributed by atoms with van der Waals surface area (Å²) in [6.07, 6.45) is 2.57. The Morgan fingerprint density at radius 1 is 1.24 bits per heavy atom. The topological polar surface area (TPSA) is 130 Å². The normalized spacial score (nSPS) is 20.5. The van der Waals surface area contributed by atoms with Crippen molar-refractivity contribution < 1.29 is 14.3 Å². The Morgan fingerprint density at radius 2 is 2.03 bits per heavy atom. The Hall–Kier alpha value is -3.56. The number of nitrogens with two attached hydrogens (primary N) is 2. The van der Waals surface area contributed by atoms with E-state index in [-0.39, 0.29) is 17.3 Å². The zero-order valence-electron chi connectivity index (χ0n) is 18.5. The quantitative estimate of drug-likeness (QED) is 0.481. The molecular weight excluding hydrogens is 423 g/mol. The van der Waals surface area contributed by atoms with E-state index in [1.54, 1.807) is 43.5 Å². The van der Waals surface area contributed by atoms with E-state index in [1.807, 2.05) is 11.8 Å². The van der Waals surface area contributed by atoms with E-state index >= 15 is 0 Å². The largest absolute Gasteiger partial charge is 0.397 e. The van der Waals surface area contributed by atoms with Crippen molar-refractivity contribution in [3.05, 3.63) is 65.9 Å². The molecule has 8 nitrogen and oxygen atoms in total. The second-order valence-corrected chi connectivity index (χ2v) is 8.45. The first-order valence-electron chi connectivity index (χ1n) is 10.7. The third-order valence-electron chi connectivity index (χ3n) is 5.97. The lowest BCUT2D eigenvalue weighted by Gasteiger charge is -2.40. The van der Waals surface area contributed by atoms with Crippen LogP contribution in [0.5, 0.6) is 0 Å². The van der Waals surface area contributed by atoms with Crippen LogP contribution in [0.1, 0.15) is 23.0 Å². The number of benzene rings is 1. The van der Waals surface area contributed by atoms with E-state index in [0.717, 1.165) is 5.69 Å². The van der Waals surface area contributed by atoms with Crippen LogP contribution in [0.4, 0.5) is 21.5 Å². The molecule has 1 aliphatic rings. The number of aryl methyl sites for hydroxylation is 1. The van der Waals surface area contributed by atoms with Crippen molar-refractivity contribution >= 4 is 23.0 Å². The summed E-state index contributed by atoms with van der Waals surface area (Å²) in [4.78, 5) is 23.7. The highest BCUT2D eigenvalue weighted by Crippen LogP contribution is 2.31. The molecule has 1 saturated heterocycles. The van der Waals surface area contributed by atoms with Gasteiger partial charge in [-0.25, -0.2) is 9.37 Å². The predicted molar refractivity (Wildman–Crippen MR) is 126 cm³/mol. The molecule has 3 atom stereocenters. The molecule has 3 aromatic rings. The van der Waals surface area contributed by atoms with Crippen LogP contribution in [-0.4, -0.2) is 46.2 Å². The van der Waals surface area contributed by atoms with Gasteiger partial charge in [0.1, 0.15) is 5.82 Å². The fourth-order valence-corrected chi connectivity index (χ4v) is 4.20. The minimum atomic E-state index is -0.588. The van der Waals surface area contributed by atoms with Crippen LogP contribution in [0.3, 0.4) is 0 Å². The highest BCUT2D eigenvalue weighted by molar-refractivity contribution is 6.08. The summed E-state index contributed by atoms with van der Waals surface area (Å²) in [5.74, 6) is -0.999. The van der Waals surface area contributed by atoms with E-state index < -0.39 is 23.9 Å². The summed E-state index contributed by atoms with van der Waals surface area (Å²) >= 11 is 0. The SMILES string of the molecule is Cc1cccc(F)c1-c1ccc(N)c(C(=O)Nc2cnccc2N2C[C@@H](C)[C@H](O)[C@H](N)C2)n1. The second-order valence-electron chi connectivity index (χ2n) is 8.45. The Labute approximate surface area is 191 Å². The van der Waals surface area contributed by atoms with Gasteiger partial charge in [0, 0.05) is 36.8 Å². The predicted octanol–water partition coefficient (Wildman–Crippen LogP) is 2.57. The van der Waals surface area contributed by atoms with Gasteiger partial charge in [-0.15, -0.1) is 0 Å². The molecule has 1 fully saturated rings. The molecule has 1 aromatic carbocycles. The van der Waals surface area contributed by atoms with Crippen LogP contribution in [0.25, 0.3) is 11.3 Å². The number of piperidine rings is 1. The number of pyridine rings is 2. The standard InChI is InChI=1S/C24H27FN6O2/c1-13-4-3-5-15(25)21(13)18-7-6-16(26)22(29-18)24(33)30-19-10-28-9-8-20(19)31-11-14(2)23(32)17(27)12-31/h3-10,14,17,23,32H,11-12,26-27H2,1-2H3,(H,30,33)/t14-,17-,23+/m1/s1. The number of aromatic nitrogens is 2. The molecule has 172 valence electrons. The molecule has 0 aliphatic carbocycles. The lowest BCUT2D eigenvalue weighted by atomic mass is 9.92. The van der Waals surface area contributed by atoms with Crippen molar-refractivity contribution in [1.82, 2.24) is 9.97 Å². The van der Waals surface area contributed by atoms with E-state index in [9.17, 15) is 14.3 Å². The lowest BCUT2D eigenvalue weighted by molar-refractivity contribution is 0.0785. The molecule has 4 rings (SSSR count). The molecule has 0 spiro atoms. The number of hydrogen-bond acceptors (Lipinski definition) is 7. The van der Waals surface area contributed by atoms with Crippen molar-refractivity contribution in [3.8, 4) is 11.3 Å². The van der Waals surface area contributed by atoms with Gasteiger partial charge < -0.3 is 26.8 Å². The molecule has 1 amide bonds. The Bertz CT molecular complexity index is 1160. The maximum atomic E-state index is 14.5. The molecule has 33 heavy (non-hydrogen) atoms. The summed E-state index contributed by atoms with van der Waals surface area (Å²) in [6, 6.07) is 9.25. The van der Waals surface area contributed by atoms with Crippen molar-refractivity contribution in [1.29, 1.82) is 0 Å².